The molecule has 0 fully saturated rings. The molecule has 0 saturated carbocycles. The number of benzene rings is 1. The number of hydrogen-bond acceptors (Lipinski definition) is 4. The number of fused-ring (bicyclic) bond motifs is 1. The monoisotopic (exact) mass is 336 g/mol. The average molecular weight is 337 g/mol. The Balaban J connectivity index is 1.86. The van der Waals surface area contributed by atoms with E-state index in [2.05, 4.69) is 44.1 Å². The van der Waals surface area contributed by atoms with Crippen LogP contribution in [-0.4, -0.2) is 9.97 Å². The number of para-hydroxylation sites is 1. The van der Waals surface area contributed by atoms with Crippen molar-refractivity contribution in [3.05, 3.63) is 51.4 Å². The van der Waals surface area contributed by atoms with Gasteiger partial charge in [-0.2, -0.15) is 0 Å². The van der Waals surface area contributed by atoms with E-state index in [-0.39, 0.29) is 0 Å². The van der Waals surface area contributed by atoms with Crippen molar-refractivity contribution in [2.24, 2.45) is 0 Å². The standard InChI is InChI=1S/C13H9BrN2S2/c14-12-6-5-9(18-12)7-17-13-10-3-1-2-4-11(10)15-8-16-13/h1-6,8H,7H2. The van der Waals surface area contributed by atoms with Crippen molar-refractivity contribution < 1.29 is 0 Å². The summed E-state index contributed by atoms with van der Waals surface area (Å²) in [6.07, 6.45) is 1.63. The second-order valence-electron chi connectivity index (χ2n) is 3.69. The van der Waals surface area contributed by atoms with E-state index in [1.54, 1.807) is 29.4 Å². The van der Waals surface area contributed by atoms with E-state index in [1.807, 2.05) is 18.2 Å². The Morgan fingerprint density at radius 2 is 2.00 bits per heavy atom. The summed E-state index contributed by atoms with van der Waals surface area (Å²) in [6.45, 7) is 0. The van der Waals surface area contributed by atoms with Gasteiger partial charge in [0, 0.05) is 16.0 Å². The van der Waals surface area contributed by atoms with Gasteiger partial charge in [0.2, 0.25) is 0 Å². The zero-order chi connectivity index (χ0) is 12.4. The fraction of sp³-hybridized carbons (Fsp3) is 0.0769. The molecule has 0 aliphatic rings. The van der Waals surface area contributed by atoms with Gasteiger partial charge in [0.25, 0.3) is 0 Å². The van der Waals surface area contributed by atoms with E-state index in [0.29, 0.717) is 0 Å². The maximum atomic E-state index is 4.37. The first-order valence-corrected chi connectivity index (χ1v) is 7.99. The third-order valence-corrected chi connectivity index (χ3v) is 5.35. The quantitative estimate of drug-likeness (QED) is 0.510. The maximum absolute atomic E-state index is 4.37. The molecule has 0 bridgehead atoms. The van der Waals surface area contributed by atoms with Gasteiger partial charge in [-0.05, 0) is 34.1 Å². The maximum Gasteiger partial charge on any atom is 0.117 e. The smallest absolute Gasteiger partial charge is 0.117 e. The van der Waals surface area contributed by atoms with E-state index in [0.717, 1.165) is 21.7 Å². The van der Waals surface area contributed by atoms with Crippen LogP contribution in [0.25, 0.3) is 10.9 Å². The SMILES string of the molecule is Brc1ccc(CSc2ncnc3ccccc23)s1. The molecule has 0 N–H and O–H groups in total. The fourth-order valence-corrected chi connectivity index (χ4v) is 4.18. The molecule has 3 aromatic rings. The van der Waals surface area contributed by atoms with Crippen molar-refractivity contribution in [2.75, 3.05) is 0 Å². The van der Waals surface area contributed by atoms with E-state index in [1.165, 1.54) is 8.66 Å². The Morgan fingerprint density at radius 1 is 1.11 bits per heavy atom. The molecule has 0 aliphatic heterocycles. The third-order valence-electron chi connectivity index (χ3n) is 2.49. The molecule has 3 rings (SSSR count). The molecule has 1 aromatic carbocycles. The van der Waals surface area contributed by atoms with Crippen LogP contribution < -0.4 is 0 Å². The molecular formula is C13H9BrN2S2. The highest BCUT2D eigenvalue weighted by molar-refractivity contribution is 9.11. The van der Waals surface area contributed by atoms with Crippen LogP contribution >= 0.6 is 39.0 Å². The van der Waals surface area contributed by atoms with Crippen LogP contribution in [0.3, 0.4) is 0 Å². The van der Waals surface area contributed by atoms with Gasteiger partial charge in [-0.3, -0.25) is 0 Å². The Kier molecular flexibility index (Phi) is 3.63. The molecule has 18 heavy (non-hydrogen) atoms. The number of rotatable bonds is 3. The highest BCUT2D eigenvalue weighted by Gasteiger charge is 2.05. The molecule has 2 heterocycles. The Hall–Kier alpha value is -0.910. The highest BCUT2D eigenvalue weighted by Crippen LogP contribution is 2.31. The molecule has 0 aliphatic carbocycles. The molecule has 0 amide bonds. The van der Waals surface area contributed by atoms with E-state index < -0.39 is 0 Å². The van der Waals surface area contributed by atoms with Crippen molar-refractivity contribution in [1.82, 2.24) is 9.97 Å². The Morgan fingerprint density at radius 3 is 2.83 bits per heavy atom. The normalized spacial score (nSPS) is 10.9. The van der Waals surface area contributed by atoms with Gasteiger partial charge in [-0.15, -0.1) is 23.1 Å². The molecule has 0 saturated heterocycles. The van der Waals surface area contributed by atoms with Crippen LogP contribution in [0.15, 0.2) is 51.5 Å². The van der Waals surface area contributed by atoms with Crippen LogP contribution in [0.4, 0.5) is 0 Å². The first-order chi connectivity index (χ1) is 8.83. The summed E-state index contributed by atoms with van der Waals surface area (Å²) in [7, 11) is 0. The predicted octanol–water partition coefficient (Wildman–Crippen LogP) is 4.75. The van der Waals surface area contributed by atoms with Gasteiger partial charge in [-0.1, -0.05) is 18.2 Å². The lowest BCUT2D eigenvalue weighted by Gasteiger charge is -2.03. The average Bonchev–Trinajstić information content (AvgIpc) is 2.82. The summed E-state index contributed by atoms with van der Waals surface area (Å²) in [5, 5.41) is 2.17. The summed E-state index contributed by atoms with van der Waals surface area (Å²) in [4.78, 5) is 9.99. The van der Waals surface area contributed by atoms with E-state index in [4.69, 9.17) is 0 Å². The number of thioether (sulfide) groups is 1. The van der Waals surface area contributed by atoms with Crippen LogP contribution in [0.2, 0.25) is 0 Å². The second-order valence-corrected chi connectivity index (χ2v) is 7.20. The van der Waals surface area contributed by atoms with Gasteiger partial charge in [0.05, 0.1) is 9.30 Å². The molecule has 2 aromatic heterocycles. The summed E-state index contributed by atoms with van der Waals surface area (Å²) in [5.74, 6) is 0.942. The highest BCUT2D eigenvalue weighted by atomic mass is 79.9. The van der Waals surface area contributed by atoms with Crippen LogP contribution in [0.5, 0.6) is 0 Å². The van der Waals surface area contributed by atoms with Crippen LogP contribution in [0.1, 0.15) is 4.88 Å². The molecule has 2 nitrogen and oxygen atoms in total. The van der Waals surface area contributed by atoms with Crippen LogP contribution in [-0.2, 0) is 5.75 Å². The lowest BCUT2D eigenvalue weighted by atomic mass is 10.2. The van der Waals surface area contributed by atoms with Gasteiger partial charge in [0.15, 0.2) is 0 Å². The van der Waals surface area contributed by atoms with Crippen molar-refractivity contribution >= 4 is 49.9 Å². The molecule has 90 valence electrons. The van der Waals surface area contributed by atoms with Crippen molar-refractivity contribution in [3.63, 3.8) is 0 Å². The summed E-state index contributed by atoms with van der Waals surface area (Å²) in [6, 6.07) is 12.3. The number of nitrogens with zero attached hydrogens (tertiary/aromatic N) is 2. The van der Waals surface area contributed by atoms with Crippen molar-refractivity contribution in [2.45, 2.75) is 10.8 Å². The first-order valence-electron chi connectivity index (χ1n) is 5.40. The molecule has 5 heteroatoms. The topological polar surface area (TPSA) is 25.8 Å². The molecule has 0 atom stereocenters. The molecule has 0 radical (unpaired) electrons. The molecular weight excluding hydrogens is 328 g/mol. The van der Waals surface area contributed by atoms with Gasteiger partial charge in [0.1, 0.15) is 11.4 Å². The predicted molar refractivity (Wildman–Crippen MR) is 81.1 cm³/mol. The fourth-order valence-electron chi connectivity index (χ4n) is 1.66. The number of halogens is 1. The zero-order valence-corrected chi connectivity index (χ0v) is 12.6. The van der Waals surface area contributed by atoms with E-state index >= 15 is 0 Å². The summed E-state index contributed by atoms with van der Waals surface area (Å²) < 4.78 is 1.17. The minimum absolute atomic E-state index is 0.942. The minimum Gasteiger partial charge on any atom is -0.236 e. The number of hydrogen-bond donors (Lipinski definition) is 0. The lowest BCUT2D eigenvalue weighted by molar-refractivity contribution is 1.10. The van der Waals surface area contributed by atoms with Gasteiger partial charge in [-0.25, -0.2) is 9.97 Å². The molecule has 0 spiro atoms. The third kappa shape index (κ3) is 2.58. The first kappa shape index (κ1) is 12.1. The number of thiophene rings is 1. The lowest BCUT2D eigenvalue weighted by Crippen LogP contribution is -1.86. The Labute approximate surface area is 122 Å². The van der Waals surface area contributed by atoms with Crippen molar-refractivity contribution in [3.8, 4) is 0 Å². The van der Waals surface area contributed by atoms with E-state index in [9.17, 15) is 0 Å². The van der Waals surface area contributed by atoms with Gasteiger partial charge >= 0.3 is 0 Å². The number of aromatic nitrogens is 2. The minimum atomic E-state index is 0.942. The molecule has 0 unspecified atom stereocenters. The second kappa shape index (κ2) is 5.38. The van der Waals surface area contributed by atoms with Gasteiger partial charge < -0.3 is 0 Å². The summed E-state index contributed by atoms with van der Waals surface area (Å²) in [5.41, 5.74) is 1.00. The largest absolute Gasteiger partial charge is 0.236 e. The van der Waals surface area contributed by atoms with Crippen LogP contribution in [0, 0.1) is 0 Å². The summed E-state index contributed by atoms with van der Waals surface area (Å²) >= 11 is 7.00. The van der Waals surface area contributed by atoms with Crippen molar-refractivity contribution in [1.29, 1.82) is 0 Å². The zero-order valence-electron chi connectivity index (χ0n) is 9.34. The Bertz CT molecular complexity index is 676.